The Morgan fingerprint density at radius 1 is 1.00 bits per heavy atom. The van der Waals surface area contributed by atoms with Crippen LogP contribution in [0.4, 0.5) is 0 Å². The molecule has 10 heteroatoms. The fourth-order valence-corrected chi connectivity index (χ4v) is 11.4. The number of hydrogen-bond donors (Lipinski definition) is 0. The Kier molecular flexibility index (Phi) is 7.76. The average Bonchev–Trinajstić information content (AvgIpc) is 3.49. The van der Waals surface area contributed by atoms with Crippen LogP contribution in [0.25, 0.3) is 0 Å². The Hall–Kier alpha value is -1.82. The lowest BCUT2D eigenvalue weighted by atomic mass is 9.65. The van der Waals surface area contributed by atoms with Crippen molar-refractivity contribution in [3.8, 4) is 0 Å². The summed E-state index contributed by atoms with van der Waals surface area (Å²) in [5.41, 5.74) is -0.642. The van der Waals surface area contributed by atoms with Crippen molar-refractivity contribution in [3.05, 3.63) is 60.7 Å². The van der Waals surface area contributed by atoms with Gasteiger partial charge in [-0.1, -0.05) is 56.2 Å². The highest BCUT2D eigenvalue weighted by Gasteiger charge is 2.75. The number of methoxy groups -OCH3 is 1. The number of hydrogen-bond acceptors (Lipinski definition) is 8. The summed E-state index contributed by atoms with van der Waals surface area (Å²) in [5, 5.41) is 0.460. The van der Waals surface area contributed by atoms with Crippen LogP contribution in [0.15, 0.2) is 70.5 Å². The Labute approximate surface area is 226 Å². The lowest BCUT2D eigenvalue weighted by molar-refractivity contribution is -0.203. The molecule has 3 aliphatic rings. The Morgan fingerprint density at radius 3 is 2.29 bits per heavy atom. The molecule has 2 aromatic rings. The van der Waals surface area contributed by atoms with Crippen LogP contribution in [0.2, 0.25) is 0 Å². The molecule has 2 aromatic carbocycles. The molecule has 208 valence electrons. The fourth-order valence-electron chi connectivity index (χ4n) is 6.84. The summed E-state index contributed by atoms with van der Waals surface area (Å²) >= 11 is 0. The molecule has 38 heavy (non-hydrogen) atoms. The van der Waals surface area contributed by atoms with Gasteiger partial charge in [-0.15, -0.1) is 0 Å². The van der Waals surface area contributed by atoms with Crippen molar-refractivity contribution >= 4 is 19.7 Å². The van der Waals surface area contributed by atoms with Gasteiger partial charge in [-0.05, 0) is 49.9 Å². The predicted molar refractivity (Wildman–Crippen MR) is 143 cm³/mol. The maximum Gasteiger partial charge on any atom is 0.214 e. The zero-order valence-corrected chi connectivity index (χ0v) is 23.6. The van der Waals surface area contributed by atoms with Crippen LogP contribution in [-0.4, -0.2) is 64.2 Å². The summed E-state index contributed by atoms with van der Waals surface area (Å²) in [5.74, 6) is -0.0143. The number of unbranched alkanes of at least 4 members (excludes halogenated alkanes) is 1. The third-order valence-corrected chi connectivity index (χ3v) is 13.3. The van der Waals surface area contributed by atoms with Crippen molar-refractivity contribution in [2.45, 2.75) is 83.5 Å². The van der Waals surface area contributed by atoms with Crippen molar-refractivity contribution in [2.75, 3.05) is 20.4 Å². The first-order valence-electron chi connectivity index (χ1n) is 13.4. The number of benzene rings is 2. The third-order valence-electron chi connectivity index (χ3n) is 8.60. The number of sulfone groups is 2. The van der Waals surface area contributed by atoms with Gasteiger partial charge in [0.1, 0.15) is 12.0 Å². The molecule has 2 aliphatic heterocycles. The second-order valence-electron chi connectivity index (χ2n) is 10.7. The minimum atomic E-state index is -4.21. The van der Waals surface area contributed by atoms with E-state index in [1.54, 1.807) is 48.6 Å². The molecule has 3 fully saturated rings. The molecule has 0 aromatic heterocycles. The van der Waals surface area contributed by atoms with Crippen molar-refractivity contribution in [2.24, 2.45) is 5.92 Å². The first-order valence-corrected chi connectivity index (χ1v) is 16.4. The summed E-state index contributed by atoms with van der Waals surface area (Å²) in [6.07, 6.45) is 5.13. The van der Waals surface area contributed by atoms with Gasteiger partial charge in [0.2, 0.25) is 14.8 Å². The monoisotopic (exact) mass is 563 g/mol. The van der Waals surface area contributed by atoms with Gasteiger partial charge < -0.3 is 9.47 Å². The summed E-state index contributed by atoms with van der Waals surface area (Å²) in [7, 11) is -6.66. The van der Waals surface area contributed by atoms with Crippen molar-refractivity contribution < 1.29 is 31.1 Å². The molecule has 2 bridgehead atoms. The second-order valence-corrected chi connectivity index (χ2v) is 15.0. The van der Waals surface area contributed by atoms with Crippen LogP contribution in [0.5, 0.6) is 0 Å². The van der Waals surface area contributed by atoms with E-state index in [-0.39, 0.29) is 41.6 Å². The zero-order chi connectivity index (χ0) is 27.0. The fraction of sp³-hybridized carbons (Fsp3) is 0.571. The van der Waals surface area contributed by atoms with E-state index in [9.17, 15) is 16.8 Å². The van der Waals surface area contributed by atoms with E-state index >= 15 is 0 Å². The highest BCUT2D eigenvalue weighted by atomic mass is 32.2. The second kappa shape index (κ2) is 10.6. The van der Waals surface area contributed by atoms with Gasteiger partial charge in [-0.2, -0.15) is 5.06 Å². The minimum absolute atomic E-state index is 0.0110. The van der Waals surface area contributed by atoms with E-state index in [4.69, 9.17) is 14.3 Å². The van der Waals surface area contributed by atoms with Crippen LogP contribution < -0.4 is 0 Å². The number of rotatable bonds is 10. The summed E-state index contributed by atoms with van der Waals surface area (Å²) in [6, 6.07) is 16.2. The SMILES string of the molecule is CCCC[C@H]1[C@H](OCOC)CCC[C@]12C[C@@]1(S(=O)(=O)c3ccccc3)ON2C[C@H]1S(=O)(=O)c1ccccc1. The molecule has 1 spiro atoms. The van der Waals surface area contributed by atoms with Gasteiger partial charge in [0.05, 0.1) is 21.4 Å². The molecule has 0 N–H and O–H groups in total. The smallest absolute Gasteiger partial charge is 0.214 e. The van der Waals surface area contributed by atoms with Crippen LogP contribution in [0, 0.1) is 5.92 Å². The highest BCUT2D eigenvalue weighted by molar-refractivity contribution is 7.96. The number of nitrogens with zero attached hydrogens (tertiary/aromatic N) is 1. The van der Waals surface area contributed by atoms with E-state index in [1.165, 1.54) is 24.3 Å². The molecule has 2 heterocycles. The maximum atomic E-state index is 14.4. The van der Waals surface area contributed by atoms with Crippen molar-refractivity contribution in [1.29, 1.82) is 0 Å². The summed E-state index contributed by atoms with van der Waals surface area (Å²) in [6.45, 7) is 2.27. The molecule has 1 saturated carbocycles. The van der Waals surface area contributed by atoms with Gasteiger partial charge in [0.25, 0.3) is 0 Å². The van der Waals surface area contributed by atoms with E-state index in [2.05, 4.69) is 6.92 Å². The third kappa shape index (κ3) is 4.33. The molecule has 6 atom stereocenters. The lowest BCUT2D eigenvalue weighted by Crippen LogP contribution is -2.63. The number of hydroxylamine groups is 2. The van der Waals surface area contributed by atoms with Gasteiger partial charge in [0, 0.05) is 26.0 Å². The summed E-state index contributed by atoms with van der Waals surface area (Å²) < 4.78 is 68.3. The van der Waals surface area contributed by atoms with Gasteiger partial charge >= 0.3 is 0 Å². The average molecular weight is 564 g/mol. The highest BCUT2D eigenvalue weighted by Crippen LogP contribution is 2.60. The lowest BCUT2D eigenvalue weighted by Gasteiger charge is -2.51. The number of piperidine rings is 1. The van der Waals surface area contributed by atoms with Gasteiger partial charge in [-0.25, -0.2) is 16.8 Å². The molecule has 0 radical (unpaired) electrons. The van der Waals surface area contributed by atoms with Crippen LogP contribution >= 0.6 is 0 Å². The van der Waals surface area contributed by atoms with Crippen LogP contribution in [0.3, 0.4) is 0 Å². The van der Waals surface area contributed by atoms with Crippen LogP contribution in [-0.2, 0) is 34.0 Å². The Bertz CT molecular complexity index is 1320. The largest absolute Gasteiger partial charge is 0.359 e. The quantitative estimate of drug-likeness (QED) is 0.393. The Morgan fingerprint density at radius 2 is 1.66 bits per heavy atom. The molecule has 8 nitrogen and oxygen atoms in total. The molecule has 0 amide bonds. The molecule has 1 unspecified atom stereocenters. The zero-order valence-electron chi connectivity index (χ0n) is 22.0. The van der Waals surface area contributed by atoms with Crippen molar-refractivity contribution in [3.63, 3.8) is 0 Å². The van der Waals surface area contributed by atoms with E-state index in [1.807, 2.05) is 0 Å². The Balaban J connectivity index is 1.63. The first-order chi connectivity index (χ1) is 18.2. The number of fused-ring (bicyclic) bond motifs is 3. The standard InChI is InChI=1S/C28H37NO7S2/c1-3-4-16-24-25(35-21-34-2)17-11-18-27(24)20-28(38(32,33)23-14-9-6-10-15-23)26(19-29(27)36-28)37(30,31)22-12-7-5-8-13-22/h5-10,12-15,24-26H,3-4,11,16-21H2,1-2H3/t24-,25+,26+,27-,28-/m0/s1. The van der Waals surface area contributed by atoms with Crippen LogP contribution in [0.1, 0.15) is 51.9 Å². The van der Waals surface area contributed by atoms with Crippen molar-refractivity contribution in [1.82, 2.24) is 5.06 Å². The predicted octanol–water partition coefficient (Wildman–Crippen LogP) is 4.37. The normalized spacial score (nSPS) is 33.1. The molecule has 2 saturated heterocycles. The number of ether oxygens (including phenoxy) is 2. The summed E-state index contributed by atoms with van der Waals surface area (Å²) in [4.78, 5) is 4.67. The molecular weight excluding hydrogens is 526 g/mol. The topological polar surface area (TPSA) is 99.2 Å². The van der Waals surface area contributed by atoms with Gasteiger partial charge in [-0.3, -0.25) is 4.84 Å². The van der Waals surface area contributed by atoms with E-state index in [0.717, 1.165) is 38.5 Å². The van der Waals surface area contributed by atoms with E-state index < -0.39 is 35.4 Å². The maximum absolute atomic E-state index is 14.4. The molecule has 5 rings (SSSR count). The molecular formula is C28H37NO7S2. The van der Waals surface area contributed by atoms with Gasteiger partial charge in [0.15, 0.2) is 9.84 Å². The van der Waals surface area contributed by atoms with E-state index in [0.29, 0.717) is 0 Å². The molecule has 1 aliphatic carbocycles. The minimum Gasteiger partial charge on any atom is -0.359 e. The first kappa shape index (κ1) is 27.7.